The zero-order valence-electron chi connectivity index (χ0n) is 11.5. The Labute approximate surface area is 129 Å². The Bertz CT molecular complexity index is 611. The Hall–Kier alpha value is -1.22. The van der Waals surface area contributed by atoms with Crippen LogP contribution >= 0.6 is 23.2 Å². The summed E-state index contributed by atoms with van der Waals surface area (Å²) in [6.45, 7) is 3.93. The molecule has 0 aliphatic heterocycles. The normalized spacial score (nSPS) is 12.2. The molecule has 2 N–H and O–H groups in total. The van der Waals surface area contributed by atoms with E-state index in [9.17, 15) is 0 Å². The Balaban J connectivity index is 2.39. The molecule has 20 heavy (non-hydrogen) atoms. The zero-order chi connectivity index (χ0) is 14.7. The van der Waals surface area contributed by atoms with Gasteiger partial charge in [-0.25, -0.2) is 0 Å². The Kier molecular flexibility index (Phi) is 4.92. The van der Waals surface area contributed by atoms with Gasteiger partial charge >= 0.3 is 0 Å². The lowest BCUT2D eigenvalue weighted by atomic mass is 10.1. The largest absolute Gasteiger partial charge is 0.454 e. The van der Waals surface area contributed by atoms with Crippen molar-refractivity contribution in [1.82, 2.24) is 0 Å². The molecule has 0 spiro atoms. The van der Waals surface area contributed by atoms with Crippen LogP contribution in [0.1, 0.15) is 18.1 Å². The van der Waals surface area contributed by atoms with Gasteiger partial charge in [0, 0.05) is 6.04 Å². The summed E-state index contributed by atoms with van der Waals surface area (Å²) in [5.74, 6) is 1.23. The van der Waals surface area contributed by atoms with E-state index in [4.69, 9.17) is 33.7 Å². The second-order valence-electron chi connectivity index (χ2n) is 4.95. The summed E-state index contributed by atoms with van der Waals surface area (Å²) >= 11 is 12.4. The summed E-state index contributed by atoms with van der Waals surface area (Å²) in [4.78, 5) is 0. The van der Waals surface area contributed by atoms with E-state index < -0.39 is 0 Å². The van der Waals surface area contributed by atoms with Crippen LogP contribution in [0.3, 0.4) is 0 Å². The van der Waals surface area contributed by atoms with E-state index in [0.29, 0.717) is 28.0 Å². The van der Waals surface area contributed by atoms with Gasteiger partial charge in [0.15, 0.2) is 0 Å². The highest BCUT2D eigenvalue weighted by Crippen LogP contribution is 2.36. The fourth-order valence-corrected chi connectivity index (χ4v) is 2.36. The smallest absolute Gasteiger partial charge is 0.149 e. The zero-order valence-corrected chi connectivity index (χ0v) is 13.0. The van der Waals surface area contributed by atoms with Crippen LogP contribution in [-0.2, 0) is 6.42 Å². The summed E-state index contributed by atoms with van der Waals surface area (Å²) in [5, 5.41) is 1.11. The minimum absolute atomic E-state index is 0.0313. The van der Waals surface area contributed by atoms with Crippen LogP contribution in [0, 0.1) is 6.92 Å². The first-order valence-electron chi connectivity index (χ1n) is 6.44. The van der Waals surface area contributed by atoms with Crippen molar-refractivity contribution < 1.29 is 4.74 Å². The average molecular weight is 310 g/mol. The molecule has 0 radical (unpaired) electrons. The van der Waals surface area contributed by atoms with E-state index in [1.807, 2.05) is 44.2 Å². The van der Waals surface area contributed by atoms with Crippen LogP contribution in [0.4, 0.5) is 0 Å². The first kappa shape index (κ1) is 15.2. The molecule has 0 aromatic heterocycles. The molecule has 2 aromatic rings. The standard InChI is InChI=1S/C16H17Cl2NO/c1-10-6-7-13(17)15(8-10)20-16-12(9-11(2)19)4-3-5-14(16)18/h3-8,11H,9,19H2,1-2H3. The lowest BCUT2D eigenvalue weighted by molar-refractivity contribution is 0.474. The summed E-state index contributed by atoms with van der Waals surface area (Å²) in [6.07, 6.45) is 0.694. The Morgan fingerprint density at radius 2 is 1.90 bits per heavy atom. The first-order chi connectivity index (χ1) is 9.47. The molecule has 1 atom stereocenters. The van der Waals surface area contributed by atoms with Crippen molar-refractivity contribution in [3.8, 4) is 11.5 Å². The number of para-hydroxylation sites is 1. The van der Waals surface area contributed by atoms with Gasteiger partial charge in [0.25, 0.3) is 0 Å². The summed E-state index contributed by atoms with van der Waals surface area (Å²) in [5.41, 5.74) is 7.92. The Morgan fingerprint density at radius 3 is 2.60 bits per heavy atom. The van der Waals surface area contributed by atoms with Crippen LogP contribution in [0.2, 0.25) is 10.0 Å². The van der Waals surface area contributed by atoms with Crippen LogP contribution in [0.25, 0.3) is 0 Å². The molecule has 2 aromatic carbocycles. The SMILES string of the molecule is Cc1ccc(Cl)c(Oc2c(Cl)cccc2CC(C)N)c1. The third-order valence-electron chi connectivity index (χ3n) is 2.89. The minimum atomic E-state index is 0.0313. The second kappa shape index (κ2) is 6.49. The third kappa shape index (κ3) is 3.66. The predicted molar refractivity (Wildman–Crippen MR) is 85.1 cm³/mol. The predicted octanol–water partition coefficient (Wildman–Crippen LogP) is 4.98. The van der Waals surface area contributed by atoms with E-state index in [1.54, 1.807) is 6.07 Å². The second-order valence-corrected chi connectivity index (χ2v) is 5.76. The van der Waals surface area contributed by atoms with Gasteiger partial charge in [-0.3, -0.25) is 0 Å². The number of rotatable bonds is 4. The van der Waals surface area contributed by atoms with Crippen molar-refractivity contribution in [1.29, 1.82) is 0 Å². The molecule has 0 heterocycles. The number of hydrogen-bond acceptors (Lipinski definition) is 2. The van der Waals surface area contributed by atoms with Gasteiger partial charge in [0.1, 0.15) is 11.5 Å². The number of halogens is 2. The molecular formula is C16H17Cl2NO. The molecule has 106 valence electrons. The maximum atomic E-state index is 6.25. The average Bonchev–Trinajstić information content (AvgIpc) is 2.37. The van der Waals surface area contributed by atoms with Gasteiger partial charge < -0.3 is 10.5 Å². The van der Waals surface area contributed by atoms with Gasteiger partial charge in [-0.05, 0) is 49.6 Å². The van der Waals surface area contributed by atoms with Gasteiger partial charge in [-0.1, -0.05) is 41.4 Å². The number of hydrogen-bond donors (Lipinski definition) is 1. The van der Waals surface area contributed by atoms with E-state index in [1.165, 1.54) is 0 Å². The highest BCUT2D eigenvalue weighted by Gasteiger charge is 2.13. The highest BCUT2D eigenvalue weighted by atomic mass is 35.5. The minimum Gasteiger partial charge on any atom is -0.454 e. The Morgan fingerprint density at radius 1 is 1.15 bits per heavy atom. The fourth-order valence-electron chi connectivity index (χ4n) is 1.97. The molecule has 0 saturated carbocycles. The molecule has 4 heteroatoms. The van der Waals surface area contributed by atoms with Gasteiger partial charge in [-0.2, -0.15) is 0 Å². The lowest BCUT2D eigenvalue weighted by Gasteiger charge is -2.15. The molecule has 0 bridgehead atoms. The van der Waals surface area contributed by atoms with Crippen molar-refractivity contribution in [2.45, 2.75) is 26.3 Å². The van der Waals surface area contributed by atoms with Crippen molar-refractivity contribution >= 4 is 23.2 Å². The highest BCUT2D eigenvalue weighted by molar-refractivity contribution is 6.33. The molecule has 2 nitrogen and oxygen atoms in total. The van der Waals surface area contributed by atoms with Gasteiger partial charge in [-0.15, -0.1) is 0 Å². The summed E-state index contributed by atoms with van der Waals surface area (Å²) in [6, 6.07) is 11.3. The maximum absolute atomic E-state index is 6.25. The topological polar surface area (TPSA) is 35.2 Å². The third-order valence-corrected chi connectivity index (χ3v) is 3.50. The monoisotopic (exact) mass is 309 g/mol. The van der Waals surface area contributed by atoms with E-state index in [-0.39, 0.29) is 6.04 Å². The number of nitrogens with two attached hydrogens (primary N) is 1. The first-order valence-corrected chi connectivity index (χ1v) is 7.20. The van der Waals surface area contributed by atoms with Crippen LogP contribution in [-0.4, -0.2) is 6.04 Å². The van der Waals surface area contributed by atoms with Crippen molar-refractivity contribution in [3.63, 3.8) is 0 Å². The van der Waals surface area contributed by atoms with E-state index in [0.717, 1.165) is 11.1 Å². The van der Waals surface area contributed by atoms with E-state index >= 15 is 0 Å². The number of ether oxygens (including phenoxy) is 1. The quantitative estimate of drug-likeness (QED) is 0.864. The van der Waals surface area contributed by atoms with Crippen molar-refractivity contribution in [2.75, 3.05) is 0 Å². The van der Waals surface area contributed by atoms with Crippen LogP contribution < -0.4 is 10.5 Å². The van der Waals surface area contributed by atoms with Gasteiger partial charge in [0.05, 0.1) is 10.0 Å². The van der Waals surface area contributed by atoms with E-state index in [2.05, 4.69) is 0 Å². The molecule has 0 aliphatic carbocycles. The molecule has 0 fully saturated rings. The summed E-state index contributed by atoms with van der Waals surface area (Å²) in [7, 11) is 0. The fraction of sp³-hybridized carbons (Fsp3) is 0.250. The molecule has 1 unspecified atom stereocenters. The van der Waals surface area contributed by atoms with Crippen molar-refractivity contribution in [2.24, 2.45) is 5.73 Å². The molecule has 2 rings (SSSR count). The maximum Gasteiger partial charge on any atom is 0.149 e. The van der Waals surface area contributed by atoms with Gasteiger partial charge in [0.2, 0.25) is 0 Å². The van der Waals surface area contributed by atoms with Crippen LogP contribution in [0.15, 0.2) is 36.4 Å². The molecule has 0 aliphatic rings. The van der Waals surface area contributed by atoms with Crippen LogP contribution in [0.5, 0.6) is 11.5 Å². The molecule has 0 saturated heterocycles. The molecular weight excluding hydrogens is 293 g/mol. The lowest BCUT2D eigenvalue weighted by Crippen LogP contribution is -2.18. The molecule has 0 amide bonds. The van der Waals surface area contributed by atoms with Crippen molar-refractivity contribution in [3.05, 3.63) is 57.6 Å². The number of benzene rings is 2. The summed E-state index contributed by atoms with van der Waals surface area (Å²) < 4.78 is 5.93. The number of aryl methyl sites for hydroxylation is 1.